The van der Waals surface area contributed by atoms with Crippen LogP contribution in [0.2, 0.25) is 18.1 Å². The Labute approximate surface area is 270 Å². The number of fused-ring (bicyclic) bond motifs is 1. The highest BCUT2D eigenvalue weighted by Gasteiger charge is 2.63. The van der Waals surface area contributed by atoms with E-state index in [2.05, 4.69) is 54.6 Å². The lowest BCUT2D eigenvalue weighted by Crippen LogP contribution is -2.59. The standard InChI is InChI=1S/C36H52O8Si/c1-23-21-35(31(38)40-8,32(39)41-9)19-15-18-29-36(43-30(42-29)25-16-13-12-14-17-25)22-28(44-45(10,11)33(3,4)5)24(2)26(20-27(23)37)34(36,6)7/h12-18,23,28-30H,19-22H2,1-11H3/b18-15-/t23-,28-,29+,30+,36-/m1/s1. The summed E-state index contributed by atoms with van der Waals surface area (Å²) in [6.07, 6.45) is 2.79. The molecule has 0 aromatic heterocycles. The van der Waals surface area contributed by atoms with Crippen LogP contribution >= 0.6 is 0 Å². The third-order valence-electron chi connectivity index (χ3n) is 11.1. The number of hydrogen-bond acceptors (Lipinski definition) is 8. The molecule has 45 heavy (non-hydrogen) atoms. The van der Waals surface area contributed by atoms with Crippen molar-refractivity contribution in [3.63, 3.8) is 0 Å². The van der Waals surface area contributed by atoms with E-state index in [1.165, 1.54) is 14.2 Å². The molecule has 1 spiro atoms. The summed E-state index contributed by atoms with van der Waals surface area (Å²) in [4.78, 5) is 40.7. The maximum atomic E-state index is 14.1. The predicted molar refractivity (Wildman–Crippen MR) is 175 cm³/mol. The van der Waals surface area contributed by atoms with Crippen molar-refractivity contribution < 1.29 is 37.8 Å². The molecule has 4 rings (SSSR count). The van der Waals surface area contributed by atoms with E-state index in [9.17, 15) is 14.4 Å². The topological polar surface area (TPSA) is 97.4 Å². The SMILES string of the molecule is COC(=O)C1(C(=O)OC)C/C=C\[C@@H]2O[C@H](c3ccccc3)O[C@]23C[C@@H](O[Si](C)(C)C(C)(C)C)C(C)=C(CC(=O)[C@H](C)C1)C3(C)C. The molecule has 1 aromatic carbocycles. The van der Waals surface area contributed by atoms with Gasteiger partial charge in [0.15, 0.2) is 20.0 Å². The maximum absolute atomic E-state index is 14.1. The minimum absolute atomic E-state index is 0.0119. The van der Waals surface area contributed by atoms with Gasteiger partial charge in [0.05, 0.1) is 20.3 Å². The molecule has 3 aliphatic rings. The first-order valence-electron chi connectivity index (χ1n) is 16.0. The molecular weight excluding hydrogens is 588 g/mol. The highest BCUT2D eigenvalue weighted by molar-refractivity contribution is 6.74. The average Bonchev–Trinajstić information content (AvgIpc) is 3.35. The lowest BCUT2D eigenvalue weighted by Gasteiger charge is -2.54. The molecule has 1 aliphatic heterocycles. The summed E-state index contributed by atoms with van der Waals surface area (Å²) in [5.74, 6) is -2.15. The smallest absolute Gasteiger partial charge is 0.323 e. The third kappa shape index (κ3) is 6.13. The van der Waals surface area contributed by atoms with Gasteiger partial charge < -0.3 is 23.4 Å². The summed E-state index contributed by atoms with van der Waals surface area (Å²) in [5, 5.41) is -0.0250. The minimum atomic E-state index is -2.25. The number of esters is 2. The van der Waals surface area contributed by atoms with Crippen LogP contribution in [0.1, 0.15) is 86.0 Å². The first-order valence-corrected chi connectivity index (χ1v) is 18.9. The third-order valence-corrected chi connectivity index (χ3v) is 15.6. The Morgan fingerprint density at radius 1 is 1.00 bits per heavy atom. The van der Waals surface area contributed by atoms with Crippen LogP contribution in [0, 0.1) is 16.7 Å². The Bertz CT molecular complexity index is 1340. The molecule has 2 aliphatic carbocycles. The summed E-state index contributed by atoms with van der Waals surface area (Å²) < 4.78 is 31.2. The first kappa shape index (κ1) is 35.3. The second-order valence-corrected chi connectivity index (χ2v) is 19.9. The number of Topliss-reactive ketones (excluding diaryl/α,β-unsaturated/α-hetero) is 1. The molecule has 0 radical (unpaired) electrons. The molecule has 1 fully saturated rings. The van der Waals surface area contributed by atoms with Crippen molar-refractivity contribution in [3.05, 3.63) is 59.2 Å². The van der Waals surface area contributed by atoms with Gasteiger partial charge in [-0.1, -0.05) is 89.6 Å². The van der Waals surface area contributed by atoms with E-state index < -0.39 is 55.0 Å². The molecule has 0 N–H and O–H groups in total. The highest BCUT2D eigenvalue weighted by Crippen LogP contribution is 2.60. The van der Waals surface area contributed by atoms with Crippen molar-refractivity contribution in [1.82, 2.24) is 0 Å². The van der Waals surface area contributed by atoms with Crippen molar-refractivity contribution in [2.45, 2.75) is 116 Å². The molecule has 0 unspecified atom stereocenters. The van der Waals surface area contributed by atoms with Gasteiger partial charge in [0.1, 0.15) is 17.5 Å². The molecule has 2 bridgehead atoms. The molecule has 0 amide bonds. The fraction of sp³-hybridized carbons (Fsp3) is 0.639. The Kier molecular flexibility index (Phi) is 9.83. The summed E-state index contributed by atoms with van der Waals surface area (Å²) in [5.41, 5.74) is -0.359. The van der Waals surface area contributed by atoms with Crippen LogP contribution < -0.4 is 0 Å². The van der Waals surface area contributed by atoms with Crippen LogP contribution in [0.5, 0.6) is 0 Å². The fourth-order valence-electron chi connectivity index (χ4n) is 7.07. The number of allylic oxidation sites excluding steroid dienone is 1. The summed E-state index contributed by atoms with van der Waals surface area (Å²) in [7, 11) is 0.247. The fourth-order valence-corrected chi connectivity index (χ4v) is 8.40. The molecule has 248 valence electrons. The summed E-state index contributed by atoms with van der Waals surface area (Å²) in [6, 6.07) is 9.80. The Morgan fingerprint density at radius 2 is 1.60 bits per heavy atom. The molecule has 1 aromatic rings. The van der Waals surface area contributed by atoms with Gasteiger partial charge in [0, 0.05) is 29.7 Å². The largest absolute Gasteiger partial charge is 0.468 e. The van der Waals surface area contributed by atoms with Gasteiger partial charge in [-0.2, -0.15) is 0 Å². The van der Waals surface area contributed by atoms with Gasteiger partial charge >= 0.3 is 11.9 Å². The second kappa shape index (κ2) is 12.5. The number of ketones is 1. The number of hydrogen-bond donors (Lipinski definition) is 0. The van der Waals surface area contributed by atoms with Crippen LogP contribution in [0.25, 0.3) is 0 Å². The van der Waals surface area contributed by atoms with Crippen LogP contribution in [0.3, 0.4) is 0 Å². The molecule has 1 heterocycles. The summed E-state index contributed by atoms with van der Waals surface area (Å²) >= 11 is 0. The molecule has 1 saturated heterocycles. The van der Waals surface area contributed by atoms with Gasteiger partial charge in [0.2, 0.25) is 0 Å². The molecule has 5 atom stereocenters. The van der Waals surface area contributed by atoms with E-state index in [-0.39, 0.29) is 36.2 Å². The maximum Gasteiger partial charge on any atom is 0.323 e. The van der Waals surface area contributed by atoms with Crippen molar-refractivity contribution >= 4 is 26.0 Å². The minimum Gasteiger partial charge on any atom is -0.468 e. The van der Waals surface area contributed by atoms with Crippen LogP contribution in [0.4, 0.5) is 0 Å². The summed E-state index contributed by atoms with van der Waals surface area (Å²) in [6.45, 7) is 19.3. The molecule has 8 nitrogen and oxygen atoms in total. The number of carbonyl (C=O) groups excluding carboxylic acids is 3. The van der Waals surface area contributed by atoms with Crippen molar-refractivity contribution in [2.75, 3.05) is 14.2 Å². The van der Waals surface area contributed by atoms with Gasteiger partial charge in [-0.05, 0) is 43.5 Å². The van der Waals surface area contributed by atoms with Crippen LogP contribution in [-0.4, -0.2) is 58.1 Å². The van der Waals surface area contributed by atoms with Crippen molar-refractivity contribution in [1.29, 1.82) is 0 Å². The quantitative estimate of drug-likeness (QED) is 0.144. The van der Waals surface area contributed by atoms with Crippen molar-refractivity contribution in [3.8, 4) is 0 Å². The molecule has 0 saturated carbocycles. The number of rotatable bonds is 5. The molecule has 9 heteroatoms. The van der Waals surface area contributed by atoms with E-state index in [0.717, 1.165) is 16.7 Å². The van der Waals surface area contributed by atoms with Crippen molar-refractivity contribution in [2.24, 2.45) is 16.7 Å². The zero-order chi connectivity index (χ0) is 33.6. The Morgan fingerprint density at radius 3 is 2.16 bits per heavy atom. The monoisotopic (exact) mass is 640 g/mol. The van der Waals surface area contributed by atoms with E-state index in [4.69, 9.17) is 23.4 Å². The number of benzene rings is 1. The number of carbonyl (C=O) groups is 3. The number of methoxy groups -OCH3 is 2. The van der Waals surface area contributed by atoms with E-state index in [1.807, 2.05) is 36.4 Å². The van der Waals surface area contributed by atoms with Crippen LogP contribution in [0.15, 0.2) is 53.6 Å². The van der Waals surface area contributed by atoms with Crippen LogP contribution in [-0.2, 0) is 37.8 Å². The van der Waals surface area contributed by atoms with E-state index in [1.54, 1.807) is 13.0 Å². The van der Waals surface area contributed by atoms with Gasteiger partial charge in [-0.25, -0.2) is 0 Å². The lowest BCUT2D eigenvalue weighted by atomic mass is 9.58. The average molecular weight is 641 g/mol. The van der Waals surface area contributed by atoms with Gasteiger partial charge in [-0.3, -0.25) is 14.4 Å². The predicted octanol–water partition coefficient (Wildman–Crippen LogP) is 7.25. The van der Waals surface area contributed by atoms with Gasteiger partial charge in [0.25, 0.3) is 0 Å². The zero-order valence-corrected chi connectivity index (χ0v) is 29.9. The number of ether oxygens (including phenoxy) is 4. The lowest BCUT2D eigenvalue weighted by molar-refractivity contribution is -0.170. The Balaban J connectivity index is 1.95. The van der Waals surface area contributed by atoms with E-state index >= 15 is 0 Å². The highest BCUT2D eigenvalue weighted by atomic mass is 28.4. The van der Waals surface area contributed by atoms with Gasteiger partial charge in [-0.15, -0.1) is 0 Å². The second-order valence-electron chi connectivity index (χ2n) is 15.1. The normalized spacial score (nSPS) is 30.9. The van der Waals surface area contributed by atoms with E-state index in [0.29, 0.717) is 6.42 Å². The Hall–Kier alpha value is -2.59. The zero-order valence-electron chi connectivity index (χ0n) is 28.9. The molecular formula is C36H52O8Si. The first-order chi connectivity index (χ1) is 20.9.